The van der Waals surface area contributed by atoms with Crippen molar-refractivity contribution < 1.29 is 0 Å². The summed E-state index contributed by atoms with van der Waals surface area (Å²) in [5, 5.41) is 14.1. The SMILES string of the molecule is Cc1ccc(-c2c(-c3nc4ccccc4s3)c(N)nc3c(N=Nc4ccc(Br)cc4)c(N)nn23)cc1. The molecule has 8 nitrogen and oxygen atoms in total. The maximum absolute atomic E-state index is 6.61. The van der Waals surface area contributed by atoms with E-state index >= 15 is 0 Å². The number of thiazole rings is 1. The fourth-order valence-corrected chi connectivity index (χ4v) is 5.24. The molecule has 6 rings (SSSR count). The van der Waals surface area contributed by atoms with E-state index in [1.165, 1.54) is 0 Å². The summed E-state index contributed by atoms with van der Waals surface area (Å²) in [6.45, 7) is 2.04. The van der Waals surface area contributed by atoms with Crippen molar-refractivity contribution in [3.05, 3.63) is 82.8 Å². The zero-order valence-corrected chi connectivity index (χ0v) is 21.5. The van der Waals surface area contributed by atoms with Crippen LogP contribution in [0.1, 0.15) is 5.56 Å². The molecule has 0 aliphatic rings. The summed E-state index contributed by atoms with van der Waals surface area (Å²) in [6.07, 6.45) is 0. The third kappa shape index (κ3) is 3.90. The third-order valence-electron chi connectivity index (χ3n) is 5.72. The van der Waals surface area contributed by atoms with Gasteiger partial charge in [-0.05, 0) is 43.3 Å². The van der Waals surface area contributed by atoms with E-state index in [9.17, 15) is 0 Å². The van der Waals surface area contributed by atoms with Crippen LogP contribution < -0.4 is 11.5 Å². The number of azo groups is 1. The molecule has 3 heterocycles. The molecule has 0 fully saturated rings. The molecule has 3 aromatic carbocycles. The standard InChI is InChI=1S/C26H19BrN8S/c1-14-6-8-15(9-7-14)22-20(26-30-18-4-2-3-5-19(18)36-26)23(28)31-25-21(24(29)34-35(22)25)33-32-17-12-10-16(27)11-13-17/h2-13H,1H3,(H2,28,31)(H2,29,34). The number of fused-ring (bicyclic) bond motifs is 2. The van der Waals surface area contributed by atoms with Crippen molar-refractivity contribution in [1.82, 2.24) is 19.6 Å². The first kappa shape index (κ1) is 22.3. The van der Waals surface area contributed by atoms with Gasteiger partial charge < -0.3 is 11.5 Å². The Morgan fingerprint density at radius 3 is 2.36 bits per heavy atom. The van der Waals surface area contributed by atoms with E-state index in [4.69, 9.17) is 16.5 Å². The third-order valence-corrected chi connectivity index (χ3v) is 7.30. The molecular weight excluding hydrogens is 536 g/mol. The quantitative estimate of drug-likeness (QED) is 0.221. The van der Waals surface area contributed by atoms with Crippen LogP contribution in [0.25, 0.3) is 37.7 Å². The fourth-order valence-electron chi connectivity index (χ4n) is 3.95. The number of nitrogen functional groups attached to an aromatic ring is 2. The van der Waals surface area contributed by atoms with Crippen LogP contribution in [0.2, 0.25) is 0 Å². The molecule has 10 heteroatoms. The van der Waals surface area contributed by atoms with Crippen molar-refractivity contribution in [1.29, 1.82) is 0 Å². The maximum atomic E-state index is 6.61. The Balaban J connectivity index is 1.61. The van der Waals surface area contributed by atoms with Crippen LogP contribution in [0.3, 0.4) is 0 Å². The van der Waals surface area contributed by atoms with Crippen LogP contribution in [0.15, 0.2) is 87.5 Å². The lowest BCUT2D eigenvalue weighted by molar-refractivity contribution is 0.957. The average molecular weight is 555 g/mol. The topological polar surface area (TPSA) is 120 Å². The van der Waals surface area contributed by atoms with Gasteiger partial charge in [-0.25, -0.2) is 14.5 Å². The second-order valence-corrected chi connectivity index (χ2v) is 10.2. The highest BCUT2D eigenvalue weighted by molar-refractivity contribution is 9.10. The summed E-state index contributed by atoms with van der Waals surface area (Å²) < 4.78 is 3.70. The van der Waals surface area contributed by atoms with Crippen molar-refractivity contribution in [2.45, 2.75) is 6.92 Å². The Bertz CT molecular complexity index is 1740. The molecule has 0 atom stereocenters. The van der Waals surface area contributed by atoms with E-state index in [1.54, 1.807) is 15.9 Å². The van der Waals surface area contributed by atoms with Crippen LogP contribution in [-0.2, 0) is 0 Å². The van der Waals surface area contributed by atoms with Gasteiger partial charge in [-0.3, -0.25) is 0 Å². The average Bonchev–Trinajstić information content (AvgIpc) is 3.43. The zero-order valence-electron chi connectivity index (χ0n) is 19.1. The lowest BCUT2D eigenvalue weighted by Gasteiger charge is -2.12. The minimum absolute atomic E-state index is 0.206. The summed E-state index contributed by atoms with van der Waals surface area (Å²) in [5.74, 6) is 0.523. The minimum atomic E-state index is 0.206. The highest BCUT2D eigenvalue weighted by atomic mass is 79.9. The molecule has 3 aromatic heterocycles. The first-order chi connectivity index (χ1) is 17.5. The fraction of sp³-hybridized carbons (Fsp3) is 0.0385. The smallest absolute Gasteiger partial charge is 0.187 e. The molecule has 0 saturated carbocycles. The second kappa shape index (κ2) is 8.81. The summed E-state index contributed by atoms with van der Waals surface area (Å²) >= 11 is 4.98. The van der Waals surface area contributed by atoms with E-state index in [0.29, 0.717) is 28.4 Å². The summed E-state index contributed by atoms with van der Waals surface area (Å²) in [6, 6.07) is 23.6. The summed E-state index contributed by atoms with van der Waals surface area (Å²) in [4.78, 5) is 9.52. The predicted molar refractivity (Wildman–Crippen MR) is 149 cm³/mol. The van der Waals surface area contributed by atoms with Crippen LogP contribution in [0.4, 0.5) is 23.0 Å². The molecule has 36 heavy (non-hydrogen) atoms. The van der Waals surface area contributed by atoms with Gasteiger partial charge in [-0.15, -0.1) is 21.5 Å². The van der Waals surface area contributed by atoms with Gasteiger partial charge in [0.25, 0.3) is 0 Å². The molecule has 176 valence electrons. The lowest BCUT2D eigenvalue weighted by Crippen LogP contribution is -2.05. The Morgan fingerprint density at radius 1 is 0.861 bits per heavy atom. The van der Waals surface area contributed by atoms with Crippen LogP contribution in [0, 0.1) is 6.92 Å². The number of aromatic nitrogens is 4. The highest BCUT2D eigenvalue weighted by Crippen LogP contribution is 2.42. The molecule has 0 amide bonds. The molecule has 0 bridgehead atoms. The Kier molecular flexibility index (Phi) is 5.46. The Hall–Kier alpha value is -4.15. The monoisotopic (exact) mass is 554 g/mol. The number of halogens is 1. The number of para-hydroxylation sites is 1. The molecule has 0 unspecified atom stereocenters. The number of aryl methyl sites for hydroxylation is 1. The Labute approximate surface area is 218 Å². The van der Waals surface area contributed by atoms with Crippen molar-refractivity contribution in [3.8, 4) is 21.8 Å². The van der Waals surface area contributed by atoms with Gasteiger partial charge >= 0.3 is 0 Å². The van der Waals surface area contributed by atoms with Gasteiger partial charge in [-0.2, -0.15) is 5.11 Å². The van der Waals surface area contributed by atoms with E-state index in [2.05, 4.69) is 36.2 Å². The second-order valence-electron chi connectivity index (χ2n) is 8.22. The number of rotatable bonds is 4. The number of benzene rings is 3. The van der Waals surface area contributed by atoms with Gasteiger partial charge in [0.05, 0.1) is 27.2 Å². The molecule has 0 aliphatic heterocycles. The summed E-state index contributed by atoms with van der Waals surface area (Å²) in [5.41, 5.74) is 18.8. The number of anilines is 2. The highest BCUT2D eigenvalue weighted by Gasteiger charge is 2.24. The van der Waals surface area contributed by atoms with Crippen molar-refractivity contribution in [3.63, 3.8) is 0 Å². The molecule has 0 radical (unpaired) electrons. The van der Waals surface area contributed by atoms with E-state index in [-0.39, 0.29) is 5.82 Å². The van der Waals surface area contributed by atoms with Crippen LogP contribution in [-0.4, -0.2) is 19.6 Å². The summed E-state index contributed by atoms with van der Waals surface area (Å²) in [7, 11) is 0. The molecule has 4 N–H and O–H groups in total. The van der Waals surface area contributed by atoms with Crippen LogP contribution in [0.5, 0.6) is 0 Å². The predicted octanol–water partition coefficient (Wildman–Crippen LogP) is 7.32. The molecule has 6 aromatic rings. The van der Waals surface area contributed by atoms with Crippen molar-refractivity contribution >= 4 is 66.1 Å². The van der Waals surface area contributed by atoms with E-state index in [1.807, 2.05) is 79.7 Å². The normalized spacial score (nSPS) is 11.7. The number of hydrogen-bond donors (Lipinski definition) is 2. The van der Waals surface area contributed by atoms with E-state index in [0.717, 1.165) is 36.5 Å². The van der Waals surface area contributed by atoms with Crippen molar-refractivity contribution in [2.24, 2.45) is 10.2 Å². The molecule has 0 aliphatic carbocycles. The van der Waals surface area contributed by atoms with Gasteiger partial charge in [0, 0.05) is 10.0 Å². The molecule has 0 spiro atoms. The van der Waals surface area contributed by atoms with Crippen LogP contribution >= 0.6 is 27.3 Å². The lowest BCUT2D eigenvalue weighted by atomic mass is 10.0. The molecular formula is C26H19BrN8S. The molecule has 0 saturated heterocycles. The van der Waals surface area contributed by atoms with Gasteiger partial charge in [0.15, 0.2) is 17.2 Å². The van der Waals surface area contributed by atoms with Gasteiger partial charge in [-0.1, -0.05) is 57.9 Å². The zero-order chi connectivity index (χ0) is 24.8. The van der Waals surface area contributed by atoms with Gasteiger partial charge in [0.1, 0.15) is 10.8 Å². The first-order valence-electron chi connectivity index (χ1n) is 11.1. The minimum Gasteiger partial charge on any atom is -0.383 e. The maximum Gasteiger partial charge on any atom is 0.187 e. The Morgan fingerprint density at radius 2 is 1.61 bits per heavy atom. The number of nitrogens with two attached hydrogens (primary N) is 2. The van der Waals surface area contributed by atoms with Gasteiger partial charge in [0.2, 0.25) is 0 Å². The number of hydrogen-bond acceptors (Lipinski definition) is 8. The van der Waals surface area contributed by atoms with Crippen molar-refractivity contribution in [2.75, 3.05) is 11.5 Å². The number of nitrogens with zero attached hydrogens (tertiary/aromatic N) is 6. The van der Waals surface area contributed by atoms with E-state index < -0.39 is 0 Å². The first-order valence-corrected chi connectivity index (χ1v) is 12.7. The largest absolute Gasteiger partial charge is 0.383 e.